The summed E-state index contributed by atoms with van der Waals surface area (Å²) < 4.78 is 0. The van der Waals surface area contributed by atoms with Gasteiger partial charge in [-0.15, -0.1) is 0 Å². The van der Waals surface area contributed by atoms with Crippen LogP contribution in [-0.4, -0.2) is 16.4 Å². The second-order valence-electron chi connectivity index (χ2n) is 5.17. The Balaban J connectivity index is 0.000000326. The molecule has 0 aliphatic rings. The van der Waals surface area contributed by atoms with Gasteiger partial charge in [-0.05, 0) is 23.8 Å². The van der Waals surface area contributed by atoms with Crippen LogP contribution in [0.4, 0.5) is 0 Å². The number of halogens is 1. The highest BCUT2D eigenvalue weighted by Crippen LogP contribution is 2.32. The van der Waals surface area contributed by atoms with Gasteiger partial charge in [-0.2, -0.15) is 0 Å². The number of carboxylic acids is 1. The maximum atomic E-state index is 9.57. The van der Waals surface area contributed by atoms with Crippen LogP contribution in [0.25, 0.3) is 0 Å². The van der Waals surface area contributed by atoms with Gasteiger partial charge in [0.15, 0.2) is 0 Å². The monoisotopic (exact) mass is 414 g/mol. The highest BCUT2D eigenvalue weighted by molar-refractivity contribution is 9.09. The van der Waals surface area contributed by atoms with Crippen LogP contribution in [0.3, 0.4) is 0 Å². The van der Waals surface area contributed by atoms with E-state index in [0.29, 0.717) is 5.33 Å². The summed E-state index contributed by atoms with van der Waals surface area (Å²) in [7, 11) is -0.446. The van der Waals surface area contributed by atoms with E-state index in [0.717, 1.165) is 0 Å². The van der Waals surface area contributed by atoms with E-state index < -0.39 is 13.9 Å². The van der Waals surface area contributed by atoms with Crippen LogP contribution in [0.15, 0.2) is 91.0 Å². The Morgan fingerprint density at radius 1 is 0.720 bits per heavy atom. The molecule has 0 amide bonds. The molecule has 0 saturated carbocycles. The van der Waals surface area contributed by atoms with E-state index >= 15 is 0 Å². The molecule has 2 nitrogen and oxygen atoms in total. The van der Waals surface area contributed by atoms with E-state index in [9.17, 15) is 4.79 Å². The van der Waals surface area contributed by atoms with Crippen molar-refractivity contribution in [3.8, 4) is 0 Å². The van der Waals surface area contributed by atoms with Crippen molar-refractivity contribution in [2.45, 2.75) is 6.42 Å². The lowest BCUT2D eigenvalue weighted by Gasteiger charge is -2.18. The van der Waals surface area contributed by atoms with Gasteiger partial charge in [0.1, 0.15) is 0 Å². The Labute approximate surface area is 158 Å². The summed E-state index contributed by atoms with van der Waals surface area (Å²) in [6.07, 6.45) is 0.208. The maximum Gasteiger partial charge on any atom is 0.304 e. The van der Waals surface area contributed by atoms with Crippen LogP contribution in [0.1, 0.15) is 6.42 Å². The van der Waals surface area contributed by atoms with Gasteiger partial charge in [-0.25, -0.2) is 0 Å². The van der Waals surface area contributed by atoms with E-state index in [1.54, 1.807) is 0 Å². The van der Waals surface area contributed by atoms with Crippen molar-refractivity contribution in [2.24, 2.45) is 0 Å². The number of aliphatic carboxylic acids is 1. The Bertz CT molecular complexity index is 655. The van der Waals surface area contributed by atoms with Crippen molar-refractivity contribution in [3.63, 3.8) is 0 Å². The topological polar surface area (TPSA) is 37.3 Å². The number of carbonyl (C=O) groups is 1. The molecule has 0 unspecified atom stereocenters. The summed E-state index contributed by atoms with van der Waals surface area (Å²) in [5.41, 5.74) is 0. The van der Waals surface area contributed by atoms with Crippen molar-refractivity contribution in [2.75, 3.05) is 5.33 Å². The second-order valence-corrected chi connectivity index (χ2v) is 8.19. The first kappa shape index (κ1) is 19.4. The van der Waals surface area contributed by atoms with Gasteiger partial charge in [-0.1, -0.05) is 107 Å². The van der Waals surface area contributed by atoms with Gasteiger partial charge >= 0.3 is 5.97 Å². The van der Waals surface area contributed by atoms with Crippen LogP contribution in [0.2, 0.25) is 0 Å². The van der Waals surface area contributed by atoms with E-state index in [1.807, 2.05) is 0 Å². The Hall–Kier alpha value is -1.96. The number of rotatable bonds is 5. The molecule has 128 valence electrons. The zero-order chi connectivity index (χ0) is 17.9. The van der Waals surface area contributed by atoms with Crippen molar-refractivity contribution in [1.29, 1.82) is 0 Å². The molecule has 0 aromatic heterocycles. The third-order valence-electron chi connectivity index (χ3n) is 3.35. The minimum Gasteiger partial charge on any atom is -0.481 e. The lowest BCUT2D eigenvalue weighted by atomic mass is 10.4. The van der Waals surface area contributed by atoms with Crippen LogP contribution in [0, 0.1) is 0 Å². The van der Waals surface area contributed by atoms with E-state index in [1.165, 1.54) is 15.9 Å². The van der Waals surface area contributed by atoms with Gasteiger partial charge in [-0.3, -0.25) is 4.79 Å². The lowest BCUT2D eigenvalue weighted by molar-refractivity contribution is -0.136. The normalized spacial score (nSPS) is 10.0. The van der Waals surface area contributed by atoms with Crippen LogP contribution in [0.5, 0.6) is 0 Å². The zero-order valence-electron chi connectivity index (χ0n) is 13.8. The average Bonchev–Trinajstić information content (AvgIpc) is 2.65. The first-order valence-electron chi connectivity index (χ1n) is 7.95. The minimum atomic E-state index is -0.758. The molecule has 0 spiro atoms. The molecule has 0 fully saturated rings. The Kier molecular flexibility index (Phi) is 8.38. The smallest absolute Gasteiger partial charge is 0.304 e. The molecule has 0 aliphatic heterocycles. The van der Waals surface area contributed by atoms with Crippen LogP contribution in [-0.2, 0) is 4.79 Å². The first-order chi connectivity index (χ1) is 12.2. The van der Waals surface area contributed by atoms with Gasteiger partial charge in [0, 0.05) is 5.33 Å². The average molecular weight is 415 g/mol. The molecular formula is C21H20BrO2P. The van der Waals surface area contributed by atoms with Gasteiger partial charge in [0.05, 0.1) is 6.42 Å². The Morgan fingerprint density at radius 2 is 1.04 bits per heavy atom. The molecule has 3 aromatic rings. The largest absolute Gasteiger partial charge is 0.481 e. The van der Waals surface area contributed by atoms with Gasteiger partial charge in [0.2, 0.25) is 0 Å². The fourth-order valence-corrected chi connectivity index (χ4v) is 4.90. The minimum absolute atomic E-state index is 0.208. The first-order valence-corrected chi connectivity index (χ1v) is 10.4. The molecular weight excluding hydrogens is 395 g/mol. The van der Waals surface area contributed by atoms with Crippen LogP contribution >= 0.6 is 23.9 Å². The SMILES string of the molecule is O=C(O)CCBr.c1ccc(P(c2ccccc2)c2ccccc2)cc1. The van der Waals surface area contributed by atoms with Crippen molar-refractivity contribution >= 4 is 45.7 Å². The predicted octanol–water partition coefficient (Wildman–Crippen LogP) is 4.30. The third kappa shape index (κ3) is 6.45. The molecule has 0 radical (unpaired) electrons. The number of hydrogen-bond donors (Lipinski definition) is 1. The second kappa shape index (κ2) is 10.8. The number of alkyl halides is 1. The third-order valence-corrected chi connectivity index (χ3v) is 6.19. The van der Waals surface area contributed by atoms with E-state index in [2.05, 4.69) is 107 Å². The molecule has 3 aromatic carbocycles. The van der Waals surface area contributed by atoms with Crippen molar-refractivity contribution in [1.82, 2.24) is 0 Å². The molecule has 0 heterocycles. The van der Waals surface area contributed by atoms with Crippen molar-refractivity contribution < 1.29 is 9.90 Å². The molecule has 25 heavy (non-hydrogen) atoms. The highest BCUT2D eigenvalue weighted by atomic mass is 79.9. The summed E-state index contributed by atoms with van der Waals surface area (Å²) in [6, 6.07) is 32.3. The molecule has 0 saturated heterocycles. The molecule has 1 N–H and O–H groups in total. The fraction of sp³-hybridized carbons (Fsp3) is 0.0952. The maximum absolute atomic E-state index is 9.57. The zero-order valence-corrected chi connectivity index (χ0v) is 16.2. The molecule has 0 atom stereocenters. The van der Waals surface area contributed by atoms with E-state index in [-0.39, 0.29) is 6.42 Å². The Morgan fingerprint density at radius 3 is 1.24 bits per heavy atom. The summed E-state index contributed by atoms with van der Waals surface area (Å²) in [5.74, 6) is -0.758. The fourth-order valence-electron chi connectivity index (χ4n) is 2.26. The summed E-state index contributed by atoms with van der Waals surface area (Å²) in [4.78, 5) is 9.57. The summed E-state index contributed by atoms with van der Waals surface area (Å²) >= 11 is 2.97. The molecule has 3 rings (SSSR count). The lowest BCUT2D eigenvalue weighted by Crippen LogP contribution is -2.20. The number of carboxylic acid groups (broad SMARTS) is 1. The number of hydrogen-bond acceptors (Lipinski definition) is 1. The quantitative estimate of drug-likeness (QED) is 0.499. The van der Waals surface area contributed by atoms with Gasteiger partial charge in [0.25, 0.3) is 0 Å². The summed E-state index contributed by atoms with van der Waals surface area (Å²) in [5, 5.41) is 12.6. The highest BCUT2D eigenvalue weighted by Gasteiger charge is 2.14. The standard InChI is InChI=1S/C18H15P.C3H5BrO2/c1-4-10-16(11-5-1)19(17-12-6-2-7-13-17)18-14-8-3-9-15-18;4-2-1-3(5)6/h1-15H;1-2H2,(H,5,6). The molecule has 4 heteroatoms. The van der Waals surface area contributed by atoms with Crippen LogP contribution < -0.4 is 15.9 Å². The van der Waals surface area contributed by atoms with Gasteiger partial charge < -0.3 is 5.11 Å². The van der Waals surface area contributed by atoms with Crippen molar-refractivity contribution in [3.05, 3.63) is 91.0 Å². The van der Waals surface area contributed by atoms with E-state index in [4.69, 9.17) is 5.11 Å². The molecule has 0 aliphatic carbocycles. The predicted molar refractivity (Wildman–Crippen MR) is 111 cm³/mol. The summed E-state index contributed by atoms with van der Waals surface area (Å²) in [6.45, 7) is 0. The molecule has 0 bridgehead atoms. The number of benzene rings is 3.